The van der Waals surface area contributed by atoms with Gasteiger partial charge in [0.25, 0.3) is 0 Å². The standard InChI is InChI=1S/C11H18N2O3S/c1-2-16-11-6-4-10(5-7-11)13-17(14,15)9-3-8-12/h4-7,13H,2-3,8-9,12H2,1H3. The highest BCUT2D eigenvalue weighted by Crippen LogP contribution is 2.16. The summed E-state index contributed by atoms with van der Waals surface area (Å²) in [4.78, 5) is 0. The molecule has 1 rings (SSSR count). The Labute approximate surface area is 102 Å². The molecule has 0 aliphatic rings. The van der Waals surface area contributed by atoms with Crippen LogP contribution in [-0.2, 0) is 10.0 Å². The molecule has 0 radical (unpaired) electrons. The first kappa shape index (κ1) is 13.8. The molecule has 6 heteroatoms. The van der Waals surface area contributed by atoms with Crippen molar-refractivity contribution in [3.8, 4) is 5.75 Å². The third-order valence-electron chi connectivity index (χ3n) is 2.06. The SMILES string of the molecule is CCOc1ccc(NS(=O)(=O)CCCN)cc1. The van der Waals surface area contributed by atoms with E-state index in [2.05, 4.69) is 4.72 Å². The van der Waals surface area contributed by atoms with E-state index in [1.54, 1.807) is 24.3 Å². The van der Waals surface area contributed by atoms with Crippen molar-refractivity contribution in [1.82, 2.24) is 0 Å². The number of anilines is 1. The molecular formula is C11H18N2O3S. The van der Waals surface area contributed by atoms with Crippen LogP contribution < -0.4 is 15.2 Å². The predicted octanol–water partition coefficient (Wildman–Crippen LogP) is 1.18. The van der Waals surface area contributed by atoms with Crippen LogP contribution in [0.15, 0.2) is 24.3 Å². The topological polar surface area (TPSA) is 81.4 Å². The van der Waals surface area contributed by atoms with Crippen molar-refractivity contribution in [3.63, 3.8) is 0 Å². The van der Waals surface area contributed by atoms with Crippen LogP contribution in [0.5, 0.6) is 5.75 Å². The minimum atomic E-state index is -3.29. The van der Waals surface area contributed by atoms with Crippen LogP contribution in [0.1, 0.15) is 13.3 Å². The van der Waals surface area contributed by atoms with Gasteiger partial charge in [0.05, 0.1) is 12.4 Å². The van der Waals surface area contributed by atoms with Crippen LogP contribution in [0.3, 0.4) is 0 Å². The monoisotopic (exact) mass is 258 g/mol. The normalized spacial score (nSPS) is 11.2. The fraction of sp³-hybridized carbons (Fsp3) is 0.455. The van der Waals surface area contributed by atoms with E-state index in [4.69, 9.17) is 10.5 Å². The van der Waals surface area contributed by atoms with E-state index in [1.807, 2.05) is 6.92 Å². The van der Waals surface area contributed by atoms with Crippen molar-refractivity contribution in [2.75, 3.05) is 23.6 Å². The molecule has 1 aromatic carbocycles. The summed E-state index contributed by atoms with van der Waals surface area (Å²) >= 11 is 0. The molecular weight excluding hydrogens is 240 g/mol. The van der Waals surface area contributed by atoms with Gasteiger partial charge in [0, 0.05) is 5.69 Å². The lowest BCUT2D eigenvalue weighted by Gasteiger charge is -2.08. The molecule has 0 amide bonds. The lowest BCUT2D eigenvalue weighted by molar-refractivity contribution is 0.340. The zero-order valence-electron chi connectivity index (χ0n) is 9.85. The first-order valence-corrected chi connectivity index (χ1v) is 7.16. The van der Waals surface area contributed by atoms with E-state index < -0.39 is 10.0 Å². The van der Waals surface area contributed by atoms with Gasteiger partial charge in [-0.25, -0.2) is 8.42 Å². The van der Waals surface area contributed by atoms with E-state index in [-0.39, 0.29) is 5.75 Å². The van der Waals surface area contributed by atoms with Gasteiger partial charge >= 0.3 is 0 Å². The Morgan fingerprint density at radius 2 is 1.94 bits per heavy atom. The van der Waals surface area contributed by atoms with Crippen LogP contribution in [0.25, 0.3) is 0 Å². The van der Waals surface area contributed by atoms with Crippen molar-refractivity contribution in [3.05, 3.63) is 24.3 Å². The quantitative estimate of drug-likeness (QED) is 0.769. The molecule has 0 saturated heterocycles. The lowest BCUT2D eigenvalue weighted by Crippen LogP contribution is -2.18. The summed E-state index contributed by atoms with van der Waals surface area (Å²) in [6, 6.07) is 6.80. The summed E-state index contributed by atoms with van der Waals surface area (Å²) in [5.74, 6) is 0.758. The molecule has 5 nitrogen and oxygen atoms in total. The predicted molar refractivity (Wildman–Crippen MR) is 68.7 cm³/mol. The van der Waals surface area contributed by atoms with Gasteiger partial charge in [-0.1, -0.05) is 0 Å². The Hall–Kier alpha value is -1.27. The zero-order valence-corrected chi connectivity index (χ0v) is 10.7. The van der Waals surface area contributed by atoms with Gasteiger partial charge in [-0.3, -0.25) is 4.72 Å². The molecule has 0 heterocycles. The smallest absolute Gasteiger partial charge is 0.232 e. The zero-order chi connectivity index (χ0) is 12.7. The summed E-state index contributed by atoms with van der Waals surface area (Å²) in [6.07, 6.45) is 0.451. The molecule has 3 N–H and O–H groups in total. The molecule has 0 aromatic heterocycles. The summed E-state index contributed by atoms with van der Waals surface area (Å²) in [5.41, 5.74) is 5.81. The first-order chi connectivity index (χ1) is 8.07. The van der Waals surface area contributed by atoms with E-state index in [0.29, 0.717) is 25.3 Å². The number of hydrogen-bond acceptors (Lipinski definition) is 4. The average molecular weight is 258 g/mol. The third-order valence-corrected chi connectivity index (χ3v) is 3.43. The lowest BCUT2D eigenvalue weighted by atomic mass is 10.3. The maximum atomic E-state index is 11.6. The van der Waals surface area contributed by atoms with Crippen LogP contribution in [0.4, 0.5) is 5.69 Å². The Kier molecular flexibility index (Phi) is 5.24. The third kappa shape index (κ3) is 5.06. The van der Waals surface area contributed by atoms with Crippen molar-refractivity contribution < 1.29 is 13.2 Å². The fourth-order valence-corrected chi connectivity index (χ4v) is 2.43. The molecule has 17 heavy (non-hydrogen) atoms. The van der Waals surface area contributed by atoms with Crippen LogP contribution >= 0.6 is 0 Å². The number of nitrogens with two attached hydrogens (primary N) is 1. The molecule has 0 bridgehead atoms. The second-order valence-electron chi connectivity index (χ2n) is 3.52. The number of sulfonamides is 1. The summed E-state index contributed by atoms with van der Waals surface area (Å²) in [5, 5.41) is 0. The second-order valence-corrected chi connectivity index (χ2v) is 5.36. The molecule has 0 aliphatic heterocycles. The van der Waals surface area contributed by atoms with E-state index >= 15 is 0 Å². The maximum Gasteiger partial charge on any atom is 0.232 e. The Morgan fingerprint density at radius 1 is 1.29 bits per heavy atom. The van der Waals surface area contributed by atoms with Crippen molar-refractivity contribution in [1.29, 1.82) is 0 Å². The van der Waals surface area contributed by atoms with Gasteiger partial charge in [-0.2, -0.15) is 0 Å². The molecule has 0 saturated carbocycles. The highest BCUT2D eigenvalue weighted by Gasteiger charge is 2.09. The van der Waals surface area contributed by atoms with E-state index in [1.165, 1.54) is 0 Å². The average Bonchev–Trinajstić information content (AvgIpc) is 2.29. The number of benzene rings is 1. The van der Waals surface area contributed by atoms with Gasteiger partial charge in [0.1, 0.15) is 5.75 Å². The van der Waals surface area contributed by atoms with Crippen LogP contribution in [0, 0.1) is 0 Å². The highest BCUT2D eigenvalue weighted by molar-refractivity contribution is 7.92. The van der Waals surface area contributed by atoms with Gasteiger partial charge in [0.15, 0.2) is 0 Å². The minimum Gasteiger partial charge on any atom is -0.494 e. The Morgan fingerprint density at radius 3 is 2.47 bits per heavy atom. The molecule has 1 aromatic rings. The van der Waals surface area contributed by atoms with Crippen molar-refractivity contribution >= 4 is 15.7 Å². The van der Waals surface area contributed by atoms with Gasteiger partial charge in [-0.15, -0.1) is 0 Å². The molecule has 0 unspecified atom stereocenters. The summed E-state index contributed by atoms with van der Waals surface area (Å²) < 4.78 is 30.9. The highest BCUT2D eigenvalue weighted by atomic mass is 32.2. The van der Waals surface area contributed by atoms with E-state index in [9.17, 15) is 8.42 Å². The molecule has 0 aliphatic carbocycles. The van der Waals surface area contributed by atoms with Gasteiger partial charge in [0.2, 0.25) is 10.0 Å². The second kappa shape index (κ2) is 6.46. The number of hydrogen-bond donors (Lipinski definition) is 2. The minimum absolute atomic E-state index is 0.0384. The largest absolute Gasteiger partial charge is 0.494 e. The number of nitrogens with one attached hydrogen (secondary N) is 1. The van der Waals surface area contributed by atoms with Crippen LogP contribution in [-0.4, -0.2) is 27.3 Å². The van der Waals surface area contributed by atoms with E-state index in [0.717, 1.165) is 5.75 Å². The number of rotatable bonds is 7. The molecule has 0 spiro atoms. The summed E-state index contributed by atoms with van der Waals surface area (Å²) in [6.45, 7) is 2.84. The van der Waals surface area contributed by atoms with Crippen molar-refractivity contribution in [2.45, 2.75) is 13.3 Å². The van der Waals surface area contributed by atoms with Gasteiger partial charge < -0.3 is 10.5 Å². The molecule has 96 valence electrons. The van der Waals surface area contributed by atoms with Gasteiger partial charge in [-0.05, 0) is 44.2 Å². The number of ether oxygens (including phenoxy) is 1. The maximum absolute atomic E-state index is 11.6. The Balaban J connectivity index is 2.62. The van der Waals surface area contributed by atoms with Crippen molar-refractivity contribution in [2.24, 2.45) is 5.73 Å². The fourth-order valence-electron chi connectivity index (χ4n) is 1.29. The molecule has 0 fully saturated rings. The summed E-state index contributed by atoms with van der Waals surface area (Å²) in [7, 11) is -3.29. The molecule has 0 atom stereocenters. The Bertz CT molecular complexity index is 429. The first-order valence-electron chi connectivity index (χ1n) is 5.51. The van der Waals surface area contributed by atoms with Crippen LogP contribution in [0.2, 0.25) is 0 Å².